The molecule has 0 aliphatic rings. The lowest BCUT2D eigenvalue weighted by atomic mass is 10.3. The molecule has 6 nitrogen and oxygen atoms in total. The van der Waals surface area contributed by atoms with Gasteiger partial charge in [0.2, 0.25) is 0 Å². The fourth-order valence-electron chi connectivity index (χ4n) is 0.974. The van der Waals surface area contributed by atoms with E-state index in [0.717, 1.165) is 0 Å². The molecule has 0 aliphatic heterocycles. The molecule has 0 aromatic carbocycles. The average Bonchev–Trinajstić information content (AvgIpc) is 2.42. The van der Waals surface area contributed by atoms with Crippen molar-refractivity contribution < 1.29 is 14.3 Å². The summed E-state index contributed by atoms with van der Waals surface area (Å²) in [6.07, 6.45) is 1.19. The molecule has 13 heavy (non-hydrogen) atoms. The minimum atomic E-state index is -1.15. The number of hydrogen-bond donors (Lipinski definition) is 2. The van der Waals surface area contributed by atoms with Crippen LogP contribution in [0.15, 0.2) is 21.5 Å². The Morgan fingerprint density at radius 1 is 1.62 bits per heavy atom. The zero-order valence-corrected chi connectivity index (χ0v) is 6.27. The Labute approximate surface area is 70.8 Å². The van der Waals surface area contributed by atoms with E-state index in [1.54, 1.807) is 0 Å². The van der Waals surface area contributed by atoms with Crippen LogP contribution < -0.4 is 5.76 Å². The minimum Gasteiger partial charge on any atom is -0.477 e. The van der Waals surface area contributed by atoms with E-state index in [1.807, 2.05) is 0 Å². The number of aromatic carboxylic acids is 1. The summed E-state index contributed by atoms with van der Waals surface area (Å²) >= 11 is 0. The van der Waals surface area contributed by atoms with Gasteiger partial charge in [-0.15, -0.1) is 0 Å². The van der Waals surface area contributed by atoms with Crippen LogP contribution in [0.2, 0.25) is 0 Å². The summed E-state index contributed by atoms with van der Waals surface area (Å²) in [5, 5.41) is 8.57. The molecule has 0 aliphatic carbocycles. The number of H-pyrrole nitrogens is 1. The number of rotatable bonds is 1. The fourth-order valence-corrected chi connectivity index (χ4v) is 0.974. The Morgan fingerprint density at radius 3 is 3.08 bits per heavy atom. The van der Waals surface area contributed by atoms with Crippen LogP contribution >= 0.6 is 0 Å². The molecule has 0 bridgehead atoms. The van der Waals surface area contributed by atoms with Crippen LogP contribution in [-0.4, -0.2) is 21.0 Å². The van der Waals surface area contributed by atoms with Gasteiger partial charge in [-0.2, -0.15) is 0 Å². The predicted octanol–water partition coefficient (Wildman–Crippen LogP) is 0.214. The number of hydrogen-bond acceptors (Lipinski definition) is 4. The number of nitrogens with one attached hydrogen (secondary N) is 1. The van der Waals surface area contributed by atoms with Crippen LogP contribution in [0.25, 0.3) is 11.1 Å². The van der Waals surface area contributed by atoms with E-state index in [9.17, 15) is 9.59 Å². The molecule has 66 valence electrons. The number of fused-ring (bicyclic) bond motifs is 1. The Kier molecular flexibility index (Phi) is 1.42. The molecule has 2 aromatic heterocycles. The highest BCUT2D eigenvalue weighted by Crippen LogP contribution is 2.08. The summed E-state index contributed by atoms with van der Waals surface area (Å²) in [5.41, 5.74) is 0.442. The topological polar surface area (TPSA) is 96.2 Å². The lowest BCUT2D eigenvalue weighted by molar-refractivity contribution is 0.0690. The molecule has 0 unspecified atom stereocenters. The molecule has 0 spiro atoms. The Hall–Kier alpha value is -2.11. The zero-order chi connectivity index (χ0) is 9.42. The van der Waals surface area contributed by atoms with E-state index >= 15 is 0 Å². The summed E-state index contributed by atoms with van der Waals surface area (Å²) in [7, 11) is 0. The van der Waals surface area contributed by atoms with E-state index in [2.05, 4.69) is 14.4 Å². The van der Waals surface area contributed by atoms with Crippen LogP contribution in [0.3, 0.4) is 0 Å². The van der Waals surface area contributed by atoms with Crippen molar-refractivity contribution in [3.63, 3.8) is 0 Å². The third-order valence-electron chi connectivity index (χ3n) is 1.53. The van der Waals surface area contributed by atoms with E-state index in [-0.39, 0.29) is 11.3 Å². The molecular weight excluding hydrogens is 176 g/mol. The molecule has 0 fully saturated rings. The van der Waals surface area contributed by atoms with Crippen molar-refractivity contribution >= 4 is 17.1 Å². The smallest absolute Gasteiger partial charge is 0.417 e. The molecule has 6 heteroatoms. The first-order valence-electron chi connectivity index (χ1n) is 3.39. The molecule has 2 heterocycles. The number of oxazole rings is 1. The summed E-state index contributed by atoms with van der Waals surface area (Å²) in [5.74, 6) is -1.77. The second-order valence-corrected chi connectivity index (χ2v) is 2.39. The van der Waals surface area contributed by atoms with Gasteiger partial charge in [0.1, 0.15) is 0 Å². The highest BCUT2D eigenvalue weighted by atomic mass is 16.4. The quantitative estimate of drug-likeness (QED) is 0.654. The van der Waals surface area contributed by atoms with Crippen molar-refractivity contribution in [3.05, 3.63) is 28.5 Å². The van der Waals surface area contributed by atoms with Gasteiger partial charge in [-0.1, -0.05) is 0 Å². The lowest BCUT2D eigenvalue weighted by Gasteiger charge is -1.90. The number of carbonyl (C=O) groups is 1. The van der Waals surface area contributed by atoms with Crippen LogP contribution in [0.5, 0.6) is 0 Å². The summed E-state index contributed by atoms with van der Waals surface area (Å²) in [6, 6.07) is 1.24. The largest absolute Gasteiger partial charge is 0.477 e. The Morgan fingerprint density at radius 2 is 2.38 bits per heavy atom. The van der Waals surface area contributed by atoms with Gasteiger partial charge < -0.3 is 9.52 Å². The normalized spacial score (nSPS) is 10.5. The van der Waals surface area contributed by atoms with E-state index in [1.165, 1.54) is 12.3 Å². The van der Waals surface area contributed by atoms with Crippen LogP contribution in [0, 0.1) is 0 Å². The monoisotopic (exact) mass is 180 g/mol. The maximum Gasteiger partial charge on any atom is 0.417 e. The minimum absolute atomic E-state index is 0.135. The first-order valence-corrected chi connectivity index (χ1v) is 3.39. The molecule has 0 atom stereocenters. The van der Waals surface area contributed by atoms with Crippen molar-refractivity contribution in [2.75, 3.05) is 0 Å². The first kappa shape index (κ1) is 7.53. The number of carboxylic acid groups (broad SMARTS) is 1. The van der Waals surface area contributed by atoms with Crippen molar-refractivity contribution in [2.45, 2.75) is 0 Å². The van der Waals surface area contributed by atoms with Gasteiger partial charge in [0.15, 0.2) is 11.3 Å². The highest BCUT2D eigenvalue weighted by Gasteiger charge is 2.07. The molecule has 0 amide bonds. The number of pyridine rings is 1. The van der Waals surface area contributed by atoms with Gasteiger partial charge >= 0.3 is 11.7 Å². The zero-order valence-electron chi connectivity index (χ0n) is 6.27. The molecule has 2 aromatic rings. The van der Waals surface area contributed by atoms with Crippen LogP contribution in [-0.2, 0) is 0 Å². The molecule has 0 saturated heterocycles. The average molecular weight is 180 g/mol. The molecule has 0 saturated carbocycles. The second-order valence-electron chi connectivity index (χ2n) is 2.39. The molecule has 0 radical (unpaired) electrons. The van der Waals surface area contributed by atoms with E-state index in [0.29, 0.717) is 5.52 Å². The second kappa shape index (κ2) is 2.44. The number of nitrogens with zero attached hydrogens (tertiary/aromatic N) is 1. The lowest BCUT2D eigenvalue weighted by Crippen LogP contribution is -1.99. The number of aromatic amines is 1. The van der Waals surface area contributed by atoms with Crippen LogP contribution in [0.4, 0.5) is 0 Å². The third kappa shape index (κ3) is 1.18. The molecular formula is C7H4N2O4. The first-order chi connectivity index (χ1) is 6.16. The van der Waals surface area contributed by atoms with Crippen molar-refractivity contribution in [1.29, 1.82) is 0 Å². The molecule has 2 N–H and O–H groups in total. The van der Waals surface area contributed by atoms with Gasteiger partial charge in [-0.25, -0.2) is 14.6 Å². The van der Waals surface area contributed by atoms with Gasteiger partial charge in [0.05, 0.1) is 11.7 Å². The van der Waals surface area contributed by atoms with E-state index in [4.69, 9.17) is 5.11 Å². The maximum absolute atomic E-state index is 10.7. The fraction of sp³-hybridized carbons (Fsp3) is 0. The number of aromatic nitrogens is 2. The predicted molar refractivity (Wildman–Crippen MR) is 41.6 cm³/mol. The Balaban J connectivity index is 2.74. The SMILES string of the molecule is O=C(O)c1cc2[nH]c(=O)oc2cn1. The van der Waals surface area contributed by atoms with Crippen LogP contribution in [0.1, 0.15) is 10.5 Å². The third-order valence-corrected chi connectivity index (χ3v) is 1.53. The van der Waals surface area contributed by atoms with Crippen molar-refractivity contribution in [1.82, 2.24) is 9.97 Å². The van der Waals surface area contributed by atoms with Crippen molar-refractivity contribution in [2.24, 2.45) is 0 Å². The summed E-state index contributed by atoms with van der Waals surface area (Å²) < 4.78 is 4.64. The molecule has 2 rings (SSSR count). The van der Waals surface area contributed by atoms with Gasteiger partial charge in [-0.3, -0.25) is 4.98 Å². The van der Waals surface area contributed by atoms with Crippen molar-refractivity contribution in [3.8, 4) is 0 Å². The van der Waals surface area contributed by atoms with Gasteiger partial charge in [0.25, 0.3) is 0 Å². The maximum atomic E-state index is 10.7. The van der Waals surface area contributed by atoms with E-state index < -0.39 is 11.7 Å². The number of carboxylic acids is 1. The van der Waals surface area contributed by atoms with Gasteiger partial charge in [-0.05, 0) is 6.07 Å². The van der Waals surface area contributed by atoms with Gasteiger partial charge in [0, 0.05) is 0 Å². The summed E-state index contributed by atoms with van der Waals surface area (Å²) in [4.78, 5) is 27.0. The summed E-state index contributed by atoms with van der Waals surface area (Å²) in [6.45, 7) is 0. The Bertz CT molecular complexity index is 525. The highest BCUT2D eigenvalue weighted by molar-refractivity contribution is 5.89. The standard InChI is InChI=1S/C7H4N2O4/c10-6(11)4-1-3-5(2-8-4)13-7(12)9-3/h1-2H,(H,9,12)(H,10,11).